The third kappa shape index (κ3) is 3.85. The maximum atomic E-state index is 12.3. The summed E-state index contributed by atoms with van der Waals surface area (Å²) in [7, 11) is 1.28. The minimum absolute atomic E-state index is 0.261. The fourth-order valence-electron chi connectivity index (χ4n) is 2.52. The van der Waals surface area contributed by atoms with Gasteiger partial charge in [-0.25, -0.2) is 4.79 Å². The van der Waals surface area contributed by atoms with Crippen LogP contribution in [0.2, 0.25) is 0 Å². The summed E-state index contributed by atoms with van der Waals surface area (Å²) in [4.78, 5) is 41.7. The van der Waals surface area contributed by atoms with Gasteiger partial charge < -0.3 is 9.15 Å². The molecule has 8 heteroatoms. The van der Waals surface area contributed by atoms with Gasteiger partial charge in [-0.3, -0.25) is 14.5 Å². The number of carbonyl (C=O) groups excluding carboxylic acids is 3. The standard InChI is InChI=1S/C19H16N2O5S/c1-11-15(18(24)25-3)9-14(26-11)10-16-17(23)20-19(27-16)21(12(2)22)13-7-5-4-6-8-13/h4-10H,1-3H3/b16-10+. The van der Waals surface area contributed by atoms with Crippen LogP contribution in [0.15, 0.2) is 50.7 Å². The van der Waals surface area contributed by atoms with Crippen molar-refractivity contribution in [1.82, 2.24) is 0 Å². The number of ether oxygens (including phenoxy) is 1. The van der Waals surface area contributed by atoms with Crippen LogP contribution >= 0.6 is 11.8 Å². The van der Waals surface area contributed by atoms with E-state index >= 15 is 0 Å². The highest BCUT2D eigenvalue weighted by atomic mass is 32.2. The Kier molecular flexibility index (Phi) is 5.27. The van der Waals surface area contributed by atoms with Crippen LogP contribution < -0.4 is 4.90 Å². The van der Waals surface area contributed by atoms with Crippen LogP contribution in [0.5, 0.6) is 0 Å². The molecule has 0 saturated heterocycles. The number of hydrogen-bond acceptors (Lipinski definition) is 6. The molecule has 7 nitrogen and oxygen atoms in total. The van der Waals surface area contributed by atoms with Gasteiger partial charge in [0.1, 0.15) is 17.1 Å². The number of rotatable bonds is 3. The Balaban J connectivity index is 1.88. The Morgan fingerprint density at radius 3 is 2.59 bits per heavy atom. The summed E-state index contributed by atoms with van der Waals surface area (Å²) < 4.78 is 10.2. The van der Waals surface area contributed by atoms with Gasteiger partial charge in [-0.2, -0.15) is 4.99 Å². The highest BCUT2D eigenvalue weighted by Gasteiger charge is 2.29. The third-order valence-corrected chi connectivity index (χ3v) is 4.71. The van der Waals surface area contributed by atoms with Gasteiger partial charge in [-0.15, -0.1) is 0 Å². The monoisotopic (exact) mass is 384 g/mol. The second kappa shape index (κ2) is 7.63. The van der Waals surface area contributed by atoms with Crippen LogP contribution in [0.3, 0.4) is 0 Å². The topological polar surface area (TPSA) is 89.2 Å². The SMILES string of the molecule is COC(=O)c1cc(/C=C2/SC(N(C(C)=O)c3ccccc3)=NC2=O)oc1C. The normalized spacial score (nSPS) is 15.0. The number of esters is 1. The van der Waals surface area contributed by atoms with Crippen LogP contribution in [0.25, 0.3) is 6.08 Å². The van der Waals surface area contributed by atoms with E-state index in [4.69, 9.17) is 4.42 Å². The van der Waals surface area contributed by atoms with Crippen molar-refractivity contribution < 1.29 is 23.5 Å². The van der Waals surface area contributed by atoms with Crippen molar-refractivity contribution in [3.8, 4) is 0 Å². The molecule has 0 bridgehead atoms. The van der Waals surface area contributed by atoms with Crippen molar-refractivity contribution in [3.05, 3.63) is 58.4 Å². The number of methoxy groups -OCH3 is 1. The highest BCUT2D eigenvalue weighted by Crippen LogP contribution is 2.33. The van der Waals surface area contributed by atoms with Crippen molar-refractivity contribution in [2.24, 2.45) is 4.99 Å². The first-order valence-electron chi connectivity index (χ1n) is 7.97. The summed E-state index contributed by atoms with van der Waals surface area (Å²) in [5.74, 6) is -0.543. The molecule has 0 spiro atoms. The van der Waals surface area contributed by atoms with Gasteiger partial charge in [-0.1, -0.05) is 18.2 Å². The van der Waals surface area contributed by atoms with Crippen molar-refractivity contribution in [3.63, 3.8) is 0 Å². The van der Waals surface area contributed by atoms with Crippen LogP contribution in [0.4, 0.5) is 5.69 Å². The molecule has 2 heterocycles. The molecule has 0 N–H and O–H groups in total. The maximum Gasteiger partial charge on any atom is 0.341 e. The average Bonchev–Trinajstić information content (AvgIpc) is 3.18. The molecule has 0 radical (unpaired) electrons. The Morgan fingerprint density at radius 2 is 1.96 bits per heavy atom. The fourth-order valence-corrected chi connectivity index (χ4v) is 3.47. The van der Waals surface area contributed by atoms with Crippen LogP contribution in [-0.4, -0.2) is 30.1 Å². The van der Waals surface area contributed by atoms with Crippen molar-refractivity contribution in [1.29, 1.82) is 0 Å². The van der Waals surface area contributed by atoms with Crippen LogP contribution in [-0.2, 0) is 14.3 Å². The van der Waals surface area contributed by atoms with Crippen molar-refractivity contribution in [2.45, 2.75) is 13.8 Å². The first kappa shape index (κ1) is 18.7. The lowest BCUT2D eigenvalue weighted by atomic mass is 10.2. The van der Waals surface area contributed by atoms with E-state index in [1.807, 2.05) is 6.07 Å². The van der Waals surface area contributed by atoms with E-state index in [9.17, 15) is 14.4 Å². The number of anilines is 1. The van der Waals surface area contributed by atoms with E-state index in [1.54, 1.807) is 31.2 Å². The number of para-hydroxylation sites is 1. The van der Waals surface area contributed by atoms with Crippen LogP contribution in [0.1, 0.15) is 28.8 Å². The van der Waals surface area contributed by atoms with E-state index in [0.29, 0.717) is 17.2 Å². The Labute approximate surface area is 159 Å². The molecule has 3 rings (SSSR count). The Morgan fingerprint density at radius 1 is 1.26 bits per heavy atom. The molecule has 0 atom stereocenters. The lowest BCUT2D eigenvalue weighted by molar-refractivity contribution is -0.115. The zero-order valence-electron chi connectivity index (χ0n) is 14.9. The predicted octanol–water partition coefficient (Wildman–Crippen LogP) is 3.40. The van der Waals surface area contributed by atoms with Gasteiger partial charge in [0.25, 0.3) is 5.91 Å². The van der Waals surface area contributed by atoms with E-state index in [1.165, 1.54) is 31.1 Å². The fraction of sp³-hybridized carbons (Fsp3) is 0.158. The number of amides is 2. The molecule has 1 aromatic carbocycles. The highest BCUT2D eigenvalue weighted by molar-refractivity contribution is 8.19. The minimum atomic E-state index is -0.518. The summed E-state index contributed by atoms with van der Waals surface area (Å²) in [5, 5.41) is 0.265. The molecule has 1 aromatic heterocycles. The number of furan rings is 1. The molecule has 2 amide bonds. The van der Waals surface area contributed by atoms with E-state index in [2.05, 4.69) is 9.73 Å². The molecular formula is C19H16N2O5S. The molecule has 0 fully saturated rings. The van der Waals surface area contributed by atoms with Crippen molar-refractivity contribution in [2.75, 3.05) is 12.0 Å². The van der Waals surface area contributed by atoms with E-state index < -0.39 is 11.9 Å². The molecule has 1 aliphatic rings. The molecule has 0 saturated carbocycles. The first-order valence-corrected chi connectivity index (χ1v) is 8.79. The largest absolute Gasteiger partial charge is 0.465 e. The first-order chi connectivity index (χ1) is 12.9. The van der Waals surface area contributed by atoms with E-state index in [0.717, 1.165) is 11.8 Å². The molecule has 1 aliphatic heterocycles. The minimum Gasteiger partial charge on any atom is -0.465 e. The summed E-state index contributed by atoms with van der Waals surface area (Å²) in [6.07, 6.45) is 1.49. The number of carbonyl (C=O) groups is 3. The third-order valence-electron chi connectivity index (χ3n) is 3.75. The number of nitrogens with zero attached hydrogens (tertiary/aromatic N) is 2. The quantitative estimate of drug-likeness (QED) is 0.595. The van der Waals surface area contributed by atoms with Gasteiger partial charge in [0, 0.05) is 13.0 Å². The number of aryl methyl sites for hydroxylation is 1. The predicted molar refractivity (Wildman–Crippen MR) is 102 cm³/mol. The number of thioether (sulfide) groups is 1. The molecular weight excluding hydrogens is 368 g/mol. The van der Waals surface area contributed by atoms with Gasteiger partial charge in [0.2, 0.25) is 5.91 Å². The number of benzene rings is 1. The summed E-state index contributed by atoms with van der Waals surface area (Å²) in [5.41, 5.74) is 0.905. The van der Waals surface area contributed by atoms with Gasteiger partial charge >= 0.3 is 5.97 Å². The molecule has 138 valence electrons. The number of amidine groups is 1. The second-order valence-electron chi connectivity index (χ2n) is 5.61. The lowest BCUT2D eigenvalue weighted by Crippen LogP contribution is -2.32. The maximum absolute atomic E-state index is 12.3. The summed E-state index contributed by atoms with van der Waals surface area (Å²) >= 11 is 1.06. The van der Waals surface area contributed by atoms with E-state index in [-0.39, 0.29) is 21.5 Å². The molecule has 27 heavy (non-hydrogen) atoms. The number of aliphatic imine (C=N–C) groups is 1. The molecule has 0 unspecified atom stereocenters. The summed E-state index contributed by atoms with van der Waals surface area (Å²) in [6.45, 7) is 3.04. The second-order valence-corrected chi connectivity index (χ2v) is 6.62. The average molecular weight is 384 g/mol. The summed E-state index contributed by atoms with van der Waals surface area (Å²) in [6, 6.07) is 10.4. The number of hydrogen-bond donors (Lipinski definition) is 0. The smallest absolute Gasteiger partial charge is 0.341 e. The zero-order chi connectivity index (χ0) is 19.6. The van der Waals surface area contributed by atoms with Gasteiger partial charge in [-0.05, 0) is 36.9 Å². The van der Waals surface area contributed by atoms with Gasteiger partial charge in [0.05, 0.1) is 17.7 Å². The van der Waals surface area contributed by atoms with Gasteiger partial charge in [0.15, 0.2) is 5.17 Å². The molecule has 2 aromatic rings. The van der Waals surface area contributed by atoms with Crippen LogP contribution in [0, 0.1) is 6.92 Å². The van der Waals surface area contributed by atoms with Crippen molar-refractivity contribution >= 4 is 46.5 Å². The Hall–Kier alpha value is -3.13. The Bertz CT molecular complexity index is 975. The lowest BCUT2D eigenvalue weighted by Gasteiger charge is -2.19. The molecule has 0 aliphatic carbocycles. The zero-order valence-corrected chi connectivity index (χ0v) is 15.7.